The Labute approximate surface area is 200 Å². The molecule has 178 valence electrons. The Kier molecular flexibility index (Phi) is 8.07. The van der Waals surface area contributed by atoms with Gasteiger partial charge in [0.15, 0.2) is 6.61 Å². The van der Waals surface area contributed by atoms with Crippen LogP contribution < -0.4 is 4.72 Å². The second kappa shape index (κ2) is 11.0. The summed E-state index contributed by atoms with van der Waals surface area (Å²) in [7, 11) is -3.93. The topological polar surface area (TPSA) is 92.8 Å². The molecule has 0 heterocycles. The van der Waals surface area contributed by atoms with Gasteiger partial charge in [-0.1, -0.05) is 48.5 Å². The van der Waals surface area contributed by atoms with Gasteiger partial charge in [-0.25, -0.2) is 13.2 Å². The van der Waals surface area contributed by atoms with Crippen LogP contribution in [0.15, 0.2) is 77.7 Å². The largest absolute Gasteiger partial charge is 0.452 e. The summed E-state index contributed by atoms with van der Waals surface area (Å²) in [6.45, 7) is 5.79. The highest BCUT2D eigenvalue weighted by molar-refractivity contribution is 7.92. The summed E-state index contributed by atoms with van der Waals surface area (Å²) in [6.07, 6.45) is 0. The van der Waals surface area contributed by atoms with Crippen LogP contribution in [0.3, 0.4) is 0 Å². The lowest BCUT2D eigenvalue weighted by Crippen LogP contribution is -2.34. The number of nitrogens with zero attached hydrogens (tertiary/aromatic N) is 1. The molecule has 3 aromatic rings. The number of likely N-dealkylation sites (N-methyl/N-ethyl adjacent to an activating group) is 1. The first-order valence-electron chi connectivity index (χ1n) is 10.9. The molecule has 0 bridgehead atoms. The minimum absolute atomic E-state index is 0.0333. The molecule has 34 heavy (non-hydrogen) atoms. The number of hydrogen-bond donors (Lipinski definition) is 1. The van der Waals surface area contributed by atoms with Gasteiger partial charge >= 0.3 is 5.97 Å². The number of carbonyl (C=O) groups is 2. The van der Waals surface area contributed by atoms with E-state index in [4.69, 9.17) is 4.74 Å². The molecule has 1 N–H and O–H groups in total. The molecular weight excluding hydrogens is 452 g/mol. The number of benzene rings is 3. The second-order valence-electron chi connectivity index (χ2n) is 7.92. The van der Waals surface area contributed by atoms with Crippen molar-refractivity contribution in [2.24, 2.45) is 0 Å². The van der Waals surface area contributed by atoms with E-state index in [0.29, 0.717) is 24.3 Å². The number of anilines is 1. The van der Waals surface area contributed by atoms with Gasteiger partial charge in [-0.3, -0.25) is 9.52 Å². The normalized spacial score (nSPS) is 11.0. The first-order chi connectivity index (χ1) is 16.2. The van der Waals surface area contributed by atoms with Gasteiger partial charge in [0, 0.05) is 18.8 Å². The number of ether oxygens (including phenoxy) is 1. The summed E-state index contributed by atoms with van der Waals surface area (Å²) >= 11 is 0. The summed E-state index contributed by atoms with van der Waals surface area (Å²) in [4.78, 5) is 26.7. The standard InChI is InChI=1S/C26H28N2O5S/c1-4-28(17-21-10-6-5-7-11-21)25(29)18-33-26(30)22-14-13-20(3)24(16-22)34(31,32)27-23-12-8-9-19(2)15-23/h5-16,27H,4,17-18H2,1-3H3. The van der Waals surface area contributed by atoms with Crippen LogP contribution in [0.25, 0.3) is 0 Å². The number of aryl methyl sites for hydroxylation is 2. The van der Waals surface area contributed by atoms with E-state index in [1.165, 1.54) is 18.2 Å². The van der Waals surface area contributed by atoms with E-state index in [2.05, 4.69) is 4.72 Å². The fraction of sp³-hybridized carbons (Fsp3) is 0.231. The van der Waals surface area contributed by atoms with Crippen LogP contribution in [0.4, 0.5) is 5.69 Å². The zero-order chi connectivity index (χ0) is 24.7. The van der Waals surface area contributed by atoms with Crippen LogP contribution in [0.5, 0.6) is 0 Å². The molecule has 0 fully saturated rings. The van der Waals surface area contributed by atoms with Crippen LogP contribution in [-0.2, 0) is 26.1 Å². The fourth-order valence-corrected chi connectivity index (χ4v) is 4.74. The van der Waals surface area contributed by atoms with Crippen molar-refractivity contribution in [3.05, 3.63) is 95.1 Å². The Morgan fingerprint density at radius 2 is 1.68 bits per heavy atom. The zero-order valence-electron chi connectivity index (χ0n) is 19.4. The molecule has 0 unspecified atom stereocenters. The van der Waals surface area contributed by atoms with E-state index in [9.17, 15) is 18.0 Å². The van der Waals surface area contributed by atoms with E-state index in [1.807, 2.05) is 50.2 Å². The molecule has 1 amide bonds. The van der Waals surface area contributed by atoms with E-state index >= 15 is 0 Å². The minimum Gasteiger partial charge on any atom is -0.452 e. The first kappa shape index (κ1) is 25.0. The smallest absolute Gasteiger partial charge is 0.338 e. The number of carbonyl (C=O) groups excluding carboxylic acids is 2. The molecule has 3 rings (SSSR count). The monoisotopic (exact) mass is 480 g/mol. The van der Waals surface area contributed by atoms with Crippen molar-refractivity contribution in [1.29, 1.82) is 0 Å². The van der Waals surface area contributed by atoms with Crippen LogP contribution in [-0.4, -0.2) is 38.3 Å². The predicted molar refractivity (Wildman–Crippen MR) is 131 cm³/mol. The maximum atomic E-state index is 13.0. The van der Waals surface area contributed by atoms with Crippen molar-refractivity contribution < 1.29 is 22.7 Å². The third kappa shape index (κ3) is 6.45. The molecule has 0 aliphatic rings. The quantitative estimate of drug-likeness (QED) is 0.461. The van der Waals surface area contributed by atoms with Crippen LogP contribution in [0, 0.1) is 13.8 Å². The lowest BCUT2D eigenvalue weighted by atomic mass is 10.1. The van der Waals surface area contributed by atoms with E-state index in [0.717, 1.165) is 11.1 Å². The molecule has 7 nitrogen and oxygen atoms in total. The molecule has 0 aliphatic heterocycles. The molecular formula is C26H28N2O5S. The highest BCUT2D eigenvalue weighted by Gasteiger charge is 2.21. The highest BCUT2D eigenvalue weighted by Crippen LogP contribution is 2.22. The lowest BCUT2D eigenvalue weighted by Gasteiger charge is -2.21. The molecule has 0 saturated heterocycles. The van der Waals surface area contributed by atoms with Gasteiger partial charge in [0.25, 0.3) is 15.9 Å². The number of nitrogens with one attached hydrogen (secondary N) is 1. The zero-order valence-corrected chi connectivity index (χ0v) is 20.3. The summed E-state index contributed by atoms with van der Waals surface area (Å²) in [5.74, 6) is -1.10. The lowest BCUT2D eigenvalue weighted by molar-refractivity contribution is -0.134. The molecule has 8 heteroatoms. The second-order valence-corrected chi connectivity index (χ2v) is 9.58. The predicted octanol–water partition coefficient (Wildman–Crippen LogP) is 4.31. The molecule has 0 saturated carbocycles. The number of amides is 1. The van der Waals surface area contributed by atoms with Gasteiger partial charge in [-0.05, 0) is 61.7 Å². The van der Waals surface area contributed by atoms with Gasteiger partial charge in [-0.2, -0.15) is 0 Å². The summed E-state index contributed by atoms with van der Waals surface area (Å²) < 4.78 is 33.6. The van der Waals surface area contributed by atoms with Gasteiger partial charge in [0.2, 0.25) is 0 Å². The molecule has 0 aliphatic carbocycles. The molecule has 0 aromatic heterocycles. The van der Waals surface area contributed by atoms with Gasteiger partial charge < -0.3 is 9.64 Å². The summed E-state index contributed by atoms with van der Waals surface area (Å²) in [6, 6.07) is 20.8. The van der Waals surface area contributed by atoms with Crippen LogP contribution >= 0.6 is 0 Å². The molecule has 3 aromatic carbocycles. The Morgan fingerprint density at radius 1 is 0.941 bits per heavy atom. The average Bonchev–Trinajstić information content (AvgIpc) is 2.81. The molecule has 0 radical (unpaired) electrons. The summed E-state index contributed by atoms with van der Waals surface area (Å²) in [5.41, 5.74) is 2.84. The first-order valence-corrected chi connectivity index (χ1v) is 12.4. The average molecular weight is 481 g/mol. The Morgan fingerprint density at radius 3 is 2.35 bits per heavy atom. The maximum Gasteiger partial charge on any atom is 0.338 e. The van der Waals surface area contributed by atoms with Crippen LogP contribution in [0.1, 0.15) is 34.0 Å². The van der Waals surface area contributed by atoms with Gasteiger partial charge in [-0.15, -0.1) is 0 Å². The number of hydrogen-bond acceptors (Lipinski definition) is 5. The van der Waals surface area contributed by atoms with Crippen LogP contribution in [0.2, 0.25) is 0 Å². The fourth-order valence-electron chi connectivity index (χ4n) is 3.42. The third-order valence-electron chi connectivity index (χ3n) is 5.26. The van der Waals surface area contributed by atoms with E-state index in [-0.39, 0.29) is 16.4 Å². The van der Waals surface area contributed by atoms with Crippen molar-refractivity contribution in [3.63, 3.8) is 0 Å². The third-order valence-corrected chi connectivity index (χ3v) is 6.78. The SMILES string of the molecule is CCN(Cc1ccccc1)C(=O)COC(=O)c1ccc(C)c(S(=O)(=O)Nc2cccc(C)c2)c1. The van der Waals surface area contributed by atoms with Crippen molar-refractivity contribution in [2.45, 2.75) is 32.2 Å². The summed E-state index contributed by atoms with van der Waals surface area (Å²) in [5, 5.41) is 0. The van der Waals surface area contributed by atoms with E-state index < -0.39 is 22.6 Å². The van der Waals surface area contributed by atoms with E-state index in [1.54, 1.807) is 30.0 Å². The van der Waals surface area contributed by atoms with Crippen molar-refractivity contribution in [3.8, 4) is 0 Å². The van der Waals surface area contributed by atoms with Gasteiger partial charge in [0.1, 0.15) is 0 Å². The Bertz CT molecular complexity index is 1270. The highest BCUT2D eigenvalue weighted by atomic mass is 32.2. The Balaban J connectivity index is 1.69. The minimum atomic E-state index is -3.93. The van der Waals surface area contributed by atoms with Gasteiger partial charge in [0.05, 0.1) is 10.5 Å². The Hall–Kier alpha value is -3.65. The molecule has 0 atom stereocenters. The maximum absolute atomic E-state index is 13.0. The number of esters is 1. The number of rotatable bonds is 9. The van der Waals surface area contributed by atoms with Crippen molar-refractivity contribution in [1.82, 2.24) is 4.90 Å². The van der Waals surface area contributed by atoms with Crippen molar-refractivity contribution in [2.75, 3.05) is 17.9 Å². The van der Waals surface area contributed by atoms with Crippen molar-refractivity contribution >= 4 is 27.6 Å². The molecule has 0 spiro atoms. The number of sulfonamides is 1.